The quantitative estimate of drug-likeness (QED) is 0.167. The van der Waals surface area contributed by atoms with Gasteiger partial charge in [-0.3, -0.25) is 0 Å². The average Bonchev–Trinajstić information content (AvgIpc) is 3.95. The summed E-state index contributed by atoms with van der Waals surface area (Å²) in [4.78, 5) is 0. The minimum Gasteiger partial charge on any atom is -0.309 e. The van der Waals surface area contributed by atoms with E-state index >= 15 is 0 Å². The largest absolute Gasteiger partial charge is 0.309 e. The zero-order valence-electron chi connectivity index (χ0n) is 35.7. The Kier molecular flexibility index (Phi) is 7.15. The Morgan fingerprint density at radius 3 is 1.61 bits per heavy atom. The van der Waals surface area contributed by atoms with E-state index in [1.54, 1.807) is 11.1 Å². The van der Waals surface area contributed by atoms with Gasteiger partial charge in [0.05, 0.1) is 22.1 Å². The first kappa shape index (κ1) is 35.3. The Bertz CT molecular complexity index is 3700. The molecule has 2 heterocycles. The summed E-state index contributed by atoms with van der Waals surface area (Å²) < 4.78 is 5.02. The zero-order chi connectivity index (χ0) is 41.7. The minimum absolute atomic E-state index is 0.126. The molecular weight excluding hydrogens is 773 g/mol. The molecule has 4 fully saturated rings. The molecule has 16 rings (SSSR count). The Morgan fingerprint density at radius 2 is 0.859 bits per heavy atom. The predicted octanol–water partition coefficient (Wildman–Crippen LogP) is 16.1. The molecule has 5 aliphatic carbocycles. The van der Waals surface area contributed by atoms with Crippen LogP contribution in [0.4, 0.5) is 0 Å². The van der Waals surface area contributed by atoms with Crippen molar-refractivity contribution in [2.24, 2.45) is 23.7 Å². The van der Waals surface area contributed by atoms with Crippen LogP contribution in [-0.4, -0.2) is 9.13 Å². The van der Waals surface area contributed by atoms with Gasteiger partial charge in [-0.15, -0.1) is 0 Å². The molecule has 0 aliphatic heterocycles. The summed E-state index contributed by atoms with van der Waals surface area (Å²) in [7, 11) is 0. The predicted molar refractivity (Wildman–Crippen MR) is 267 cm³/mol. The maximum absolute atomic E-state index is 2.65. The van der Waals surface area contributed by atoms with Crippen molar-refractivity contribution in [3.63, 3.8) is 0 Å². The second kappa shape index (κ2) is 13.0. The van der Waals surface area contributed by atoms with E-state index in [0.29, 0.717) is 0 Å². The lowest BCUT2D eigenvalue weighted by Crippen LogP contribution is -2.55. The lowest BCUT2D eigenvalue weighted by molar-refractivity contribution is -0.0399. The molecule has 11 aromatic rings. The highest BCUT2D eigenvalue weighted by molar-refractivity contribution is 6.15. The molecule has 64 heavy (non-hydrogen) atoms. The van der Waals surface area contributed by atoms with Crippen molar-refractivity contribution in [3.8, 4) is 44.8 Å². The SMILES string of the molecule is c1ccc(-c2ccc(-n3c4ccccc4c4cc(-c5ccc6c(c5)c5cc7ccccc7cc5n6-c5ccc6c(c5)C5(c7ccccc7-6)C6CC7CC(C6)CC5C7)ccc43)cc2)cc1. The van der Waals surface area contributed by atoms with Crippen LogP contribution in [0.5, 0.6) is 0 Å². The number of aromatic nitrogens is 2. The summed E-state index contributed by atoms with van der Waals surface area (Å²) in [5, 5.41) is 7.70. The number of rotatable bonds is 4. The first-order valence-electron chi connectivity index (χ1n) is 23.6. The molecular formula is C62H46N2. The first-order valence-corrected chi connectivity index (χ1v) is 23.6. The van der Waals surface area contributed by atoms with Gasteiger partial charge >= 0.3 is 0 Å². The molecule has 0 radical (unpaired) electrons. The van der Waals surface area contributed by atoms with Crippen LogP contribution in [-0.2, 0) is 5.41 Å². The molecule has 0 amide bonds. The van der Waals surface area contributed by atoms with Crippen LogP contribution in [0.15, 0.2) is 194 Å². The van der Waals surface area contributed by atoms with Gasteiger partial charge in [-0.2, -0.15) is 0 Å². The maximum atomic E-state index is 2.65. The number of benzene rings is 9. The fraction of sp³-hybridized carbons (Fsp3) is 0.161. The van der Waals surface area contributed by atoms with Crippen molar-refractivity contribution in [2.45, 2.75) is 37.5 Å². The fourth-order valence-corrected chi connectivity index (χ4v) is 14.3. The molecule has 0 atom stereocenters. The molecule has 304 valence electrons. The van der Waals surface area contributed by atoms with Crippen molar-refractivity contribution < 1.29 is 0 Å². The van der Waals surface area contributed by atoms with Gasteiger partial charge in [-0.1, -0.05) is 127 Å². The summed E-state index contributed by atoms with van der Waals surface area (Å²) >= 11 is 0. The topological polar surface area (TPSA) is 9.86 Å². The van der Waals surface area contributed by atoms with Crippen molar-refractivity contribution in [1.29, 1.82) is 0 Å². The van der Waals surface area contributed by atoms with Gasteiger partial charge in [0.15, 0.2) is 0 Å². The zero-order valence-corrected chi connectivity index (χ0v) is 35.7. The van der Waals surface area contributed by atoms with E-state index in [-0.39, 0.29) is 5.41 Å². The molecule has 9 aromatic carbocycles. The Morgan fingerprint density at radius 1 is 0.328 bits per heavy atom. The molecule has 5 aliphatic rings. The average molecular weight is 819 g/mol. The highest BCUT2D eigenvalue weighted by Crippen LogP contribution is 2.69. The molecule has 2 aromatic heterocycles. The van der Waals surface area contributed by atoms with E-state index in [9.17, 15) is 0 Å². The lowest BCUT2D eigenvalue weighted by Gasteiger charge is -2.61. The third kappa shape index (κ3) is 4.76. The van der Waals surface area contributed by atoms with Gasteiger partial charge in [0.25, 0.3) is 0 Å². The van der Waals surface area contributed by atoms with Gasteiger partial charge in [-0.25, -0.2) is 0 Å². The van der Waals surface area contributed by atoms with Crippen molar-refractivity contribution in [1.82, 2.24) is 9.13 Å². The van der Waals surface area contributed by atoms with E-state index < -0.39 is 0 Å². The third-order valence-corrected chi connectivity index (χ3v) is 16.7. The van der Waals surface area contributed by atoms with Gasteiger partial charge in [0, 0.05) is 38.3 Å². The molecule has 0 unspecified atom stereocenters. The van der Waals surface area contributed by atoms with E-state index in [4.69, 9.17) is 0 Å². The molecule has 0 N–H and O–H groups in total. The summed E-state index contributed by atoms with van der Waals surface area (Å²) in [5.41, 5.74) is 18.7. The van der Waals surface area contributed by atoms with E-state index in [0.717, 1.165) is 23.7 Å². The Balaban J connectivity index is 0.902. The highest BCUT2D eigenvalue weighted by atomic mass is 15.0. The number of nitrogens with zero attached hydrogens (tertiary/aromatic N) is 2. The Labute approximate surface area is 373 Å². The minimum atomic E-state index is 0.126. The molecule has 4 saturated carbocycles. The van der Waals surface area contributed by atoms with Crippen molar-refractivity contribution >= 4 is 54.4 Å². The van der Waals surface area contributed by atoms with Gasteiger partial charge in [0.2, 0.25) is 0 Å². The van der Waals surface area contributed by atoms with Gasteiger partial charge in [-0.05, 0) is 178 Å². The van der Waals surface area contributed by atoms with Crippen LogP contribution in [0.25, 0.3) is 99.1 Å². The smallest absolute Gasteiger partial charge is 0.0547 e. The molecule has 0 saturated heterocycles. The highest BCUT2D eigenvalue weighted by Gasteiger charge is 2.61. The van der Waals surface area contributed by atoms with E-state index in [1.807, 2.05) is 0 Å². The lowest BCUT2D eigenvalue weighted by atomic mass is 9.43. The molecule has 2 nitrogen and oxygen atoms in total. The monoisotopic (exact) mass is 818 g/mol. The van der Waals surface area contributed by atoms with Crippen LogP contribution < -0.4 is 0 Å². The summed E-state index contributed by atoms with van der Waals surface area (Å²) in [6, 6.07) is 73.7. The fourth-order valence-electron chi connectivity index (χ4n) is 14.3. The second-order valence-electron chi connectivity index (χ2n) is 19.7. The standard InChI is InChI=1S/C62H46N2/c1-2-10-40(11-3-1)41-18-22-48(23-19-41)63-58-17-9-7-15-52(58)53-34-44(20-26-59(53)63)45-21-27-60-54(35-45)55-33-42-12-4-5-13-43(42)36-61(55)64(60)49-24-25-51-50-14-6-8-16-56(50)62(57(51)37-49)46-29-38-28-39(31-46)32-47(62)30-38/h1-27,33-39,46-47H,28-32H2. The van der Waals surface area contributed by atoms with E-state index in [1.165, 1.54) is 131 Å². The maximum Gasteiger partial charge on any atom is 0.0547 e. The number of hydrogen-bond acceptors (Lipinski definition) is 0. The third-order valence-electron chi connectivity index (χ3n) is 16.7. The van der Waals surface area contributed by atoms with E-state index in [2.05, 4.69) is 203 Å². The summed E-state index contributed by atoms with van der Waals surface area (Å²) in [6.45, 7) is 0. The second-order valence-corrected chi connectivity index (χ2v) is 19.7. The van der Waals surface area contributed by atoms with Gasteiger partial charge in [0.1, 0.15) is 0 Å². The van der Waals surface area contributed by atoms with Crippen molar-refractivity contribution in [3.05, 3.63) is 205 Å². The van der Waals surface area contributed by atoms with Crippen molar-refractivity contribution in [2.75, 3.05) is 0 Å². The summed E-state index contributed by atoms with van der Waals surface area (Å²) in [6.07, 6.45) is 7.04. The van der Waals surface area contributed by atoms with Crippen LogP contribution >= 0.6 is 0 Å². The van der Waals surface area contributed by atoms with Crippen LogP contribution in [0, 0.1) is 23.7 Å². The number of hydrogen-bond donors (Lipinski definition) is 0. The summed E-state index contributed by atoms with van der Waals surface area (Å²) in [5.74, 6) is 3.31. The van der Waals surface area contributed by atoms with Gasteiger partial charge < -0.3 is 9.13 Å². The number of fused-ring (bicyclic) bond motifs is 10. The first-order chi connectivity index (χ1) is 31.7. The Hall–Kier alpha value is -7.16. The normalized spacial score (nSPS) is 21.8. The van der Waals surface area contributed by atoms with Crippen LogP contribution in [0.2, 0.25) is 0 Å². The van der Waals surface area contributed by atoms with Crippen LogP contribution in [0.3, 0.4) is 0 Å². The molecule has 2 heteroatoms. The molecule has 4 bridgehead atoms. The molecule has 1 spiro atoms. The number of para-hydroxylation sites is 1. The van der Waals surface area contributed by atoms with Crippen LogP contribution in [0.1, 0.15) is 43.2 Å².